The zero-order chi connectivity index (χ0) is 21.8. The molecule has 166 valence electrons. The fraction of sp³-hybridized carbons (Fsp3) is 0.632. The molecule has 0 radical (unpaired) electrons. The first-order chi connectivity index (χ1) is 14.0. The van der Waals surface area contributed by atoms with Crippen molar-refractivity contribution in [2.75, 3.05) is 13.1 Å². The lowest BCUT2D eigenvalue weighted by molar-refractivity contribution is -0.137. The summed E-state index contributed by atoms with van der Waals surface area (Å²) in [6, 6.07) is 2.29. The Bertz CT molecular complexity index is 954. The summed E-state index contributed by atoms with van der Waals surface area (Å²) in [6.07, 6.45) is 0.508. The second-order valence-electron chi connectivity index (χ2n) is 8.35. The molecule has 11 heteroatoms. The molecular formula is C19H23ClF3N3O3S. The number of piperidine rings is 1. The van der Waals surface area contributed by atoms with Crippen LogP contribution in [0, 0.1) is 0 Å². The maximum absolute atomic E-state index is 13.0. The van der Waals surface area contributed by atoms with E-state index >= 15 is 0 Å². The SMILES string of the molecule is O=C1NC2(CCN(S(=O)(=O)c3cc(C(F)(F)F)ccc3Cl)CC2)NC12CCCCC2. The van der Waals surface area contributed by atoms with E-state index in [-0.39, 0.29) is 24.0 Å². The van der Waals surface area contributed by atoms with Gasteiger partial charge in [0.2, 0.25) is 15.9 Å². The smallest absolute Gasteiger partial charge is 0.336 e. The van der Waals surface area contributed by atoms with Gasteiger partial charge in [-0.15, -0.1) is 0 Å². The highest BCUT2D eigenvalue weighted by atomic mass is 35.5. The van der Waals surface area contributed by atoms with E-state index in [9.17, 15) is 26.4 Å². The van der Waals surface area contributed by atoms with Crippen molar-refractivity contribution in [1.82, 2.24) is 14.9 Å². The fourth-order valence-corrected chi connectivity index (χ4v) is 6.71. The lowest BCUT2D eigenvalue weighted by Crippen LogP contribution is -2.60. The van der Waals surface area contributed by atoms with Crippen molar-refractivity contribution in [2.24, 2.45) is 0 Å². The number of rotatable bonds is 2. The summed E-state index contributed by atoms with van der Waals surface area (Å²) in [7, 11) is -4.21. The number of alkyl halides is 3. The molecule has 1 aliphatic carbocycles. The molecule has 0 bridgehead atoms. The molecule has 4 rings (SSSR count). The topological polar surface area (TPSA) is 78.5 Å². The van der Waals surface area contributed by atoms with Crippen LogP contribution in [0.1, 0.15) is 50.5 Å². The van der Waals surface area contributed by atoms with E-state index in [1.54, 1.807) is 0 Å². The quantitative estimate of drug-likeness (QED) is 0.702. The molecule has 1 saturated carbocycles. The van der Waals surface area contributed by atoms with Crippen LogP contribution in [0.4, 0.5) is 13.2 Å². The highest BCUT2D eigenvalue weighted by Gasteiger charge is 2.55. The Morgan fingerprint density at radius 3 is 2.27 bits per heavy atom. The number of sulfonamides is 1. The standard InChI is InChI=1S/C19H23ClF3N3O3S/c20-14-5-4-13(19(21,22)23)12-15(14)30(28,29)26-10-8-18(9-11-26)24-16(27)17(25-18)6-2-1-3-7-17/h4-5,12,25H,1-3,6-11H2,(H,24,27). The molecule has 0 unspecified atom stereocenters. The lowest BCUT2D eigenvalue weighted by atomic mass is 9.81. The molecule has 2 N–H and O–H groups in total. The second kappa shape index (κ2) is 7.36. The Labute approximate surface area is 178 Å². The maximum atomic E-state index is 13.0. The molecule has 2 saturated heterocycles. The number of nitrogens with one attached hydrogen (secondary N) is 2. The number of carbonyl (C=O) groups is 1. The van der Waals surface area contributed by atoms with Gasteiger partial charge in [-0.25, -0.2) is 8.42 Å². The molecule has 2 spiro atoms. The van der Waals surface area contributed by atoms with Crippen LogP contribution in [0.2, 0.25) is 5.02 Å². The van der Waals surface area contributed by atoms with Crippen LogP contribution in [0.3, 0.4) is 0 Å². The van der Waals surface area contributed by atoms with Crippen molar-refractivity contribution < 1.29 is 26.4 Å². The van der Waals surface area contributed by atoms with Crippen LogP contribution in [0.25, 0.3) is 0 Å². The van der Waals surface area contributed by atoms with Gasteiger partial charge in [-0.2, -0.15) is 17.5 Å². The van der Waals surface area contributed by atoms with Crippen molar-refractivity contribution in [2.45, 2.75) is 67.2 Å². The summed E-state index contributed by atoms with van der Waals surface area (Å²) in [4.78, 5) is 12.1. The minimum Gasteiger partial charge on any atom is -0.336 e. The van der Waals surface area contributed by atoms with E-state index in [0.29, 0.717) is 18.9 Å². The van der Waals surface area contributed by atoms with Gasteiger partial charge in [0, 0.05) is 13.1 Å². The van der Waals surface area contributed by atoms with Crippen LogP contribution in [-0.2, 0) is 21.0 Å². The maximum Gasteiger partial charge on any atom is 0.416 e. The first-order valence-electron chi connectivity index (χ1n) is 9.96. The Morgan fingerprint density at radius 2 is 1.67 bits per heavy atom. The number of nitrogens with zero attached hydrogens (tertiary/aromatic N) is 1. The van der Waals surface area contributed by atoms with Gasteiger partial charge < -0.3 is 5.32 Å². The predicted octanol–water partition coefficient (Wildman–Crippen LogP) is 3.26. The molecule has 1 aromatic carbocycles. The monoisotopic (exact) mass is 465 g/mol. The van der Waals surface area contributed by atoms with Gasteiger partial charge in [-0.1, -0.05) is 30.9 Å². The molecule has 30 heavy (non-hydrogen) atoms. The Balaban J connectivity index is 1.53. The fourth-order valence-electron chi connectivity index (χ4n) is 4.77. The van der Waals surface area contributed by atoms with Crippen molar-refractivity contribution in [3.8, 4) is 0 Å². The molecular weight excluding hydrogens is 443 g/mol. The first kappa shape index (κ1) is 21.9. The van der Waals surface area contributed by atoms with E-state index < -0.39 is 37.9 Å². The zero-order valence-corrected chi connectivity index (χ0v) is 17.8. The zero-order valence-electron chi connectivity index (χ0n) is 16.2. The Morgan fingerprint density at radius 1 is 1.03 bits per heavy atom. The van der Waals surface area contributed by atoms with E-state index in [1.165, 1.54) is 0 Å². The number of hydrogen-bond acceptors (Lipinski definition) is 4. The third-order valence-electron chi connectivity index (χ3n) is 6.43. The minimum atomic E-state index is -4.67. The molecule has 1 amide bonds. The Kier molecular flexibility index (Phi) is 5.36. The molecule has 3 fully saturated rings. The van der Waals surface area contributed by atoms with E-state index in [2.05, 4.69) is 10.6 Å². The Hall–Kier alpha value is -1.36. The van der Waals surface area contributed by atoms with Crippen molar-refractivity contribution in [3.63, 3.8) is 0 Å². The van der Waals surface area contributed by atoms with Crippen LogP contribution in [0.15, 0.2) is 23.1 Å². The molecule has 2 aliphatic heterocycles. The largest absolute Gasteiger partial charge is 0.416 e. The predicted molar refractivity (Wildman–Crippen MR) is 104 cm³/mol. The van der Waals surface area contributed by atoms with Crippen molar-refractivity contribution in [3.05, 3.63) is 28.8 Å². The van der Waals surface area contributed by atoms with Crippen molar-refractivity contribution >= 4 is 27.5 Å². The molecule has 6 nitrogen and oxygen atoms in total. The van der Waals surface area contributed by atoms with Gasteiger partial charge in [-0.3, -0.25) is 10.1 Å². The van der Waals surface area contributed by atoms with Crippen LogP contribution in [0.5, 0.6) is 0 Å². The van der Waals surface area contributed by atoms with E-state index in [0.717, 1.165) is 48.5 Å². The molecule has 0 aromatic heterocycles. The summed E-state index contributed by atoms with van der Waals surface area (Å²) >= 11 is 5.94. The number of halogens is 4. The first-order valence-corrected chi connectivity index (χ1v) is 11.8. The van der Waals surface area contributed by atoms with Gasteiger partial charge in [0.1, 0.15) is 4.90 Å². The summed E-state index contributed by atoms with van der Waals surface area (Å²) in [6.45, 7) is 0.135. The number of benzene rings is 1. The second-order valence-corrected chi connectivity index (χ2v) is 10.7. The van der Waals surface area contributed by atoms with Gasteiger partial charge in [-0.05, 0) is 43.9 Å². The number of carbonyl (C=O) groups excluding carboxylic acids is 1. The average Bonchev–Trinajstić information content (AvgIpc) is 2.92. The van der Waals surface area contributed by atoms with Crippen LogP contribution < -0.4 is 10.6 Å². The normalized spacial score (nSPS) is 24.3. The molecule has 1 aromatic rings. The number of amides is 1. The summed E-state index contributed by atoms with van der Waals surface area (Å²) in [5, 5.41) is 6.25. The summed E-state index contributed by atoms with van der Waals surface area (Å²) < 4.78 is 66.3. The third-order valence-corrected chi connectivity index (χ3v) is 8.81. The lowest BCUT2D eigenvalue weighted by Gasteiger charge is -2.41. The van der Waals surface area contributed by atoms with Gasteiger partial charge in [0.15, 0.2) is 0 Å². The summed E-state index contributed by atoms with van der Waals surface area (Å²) in [5.41, 5.74) is -2.34. The molecule has 0 atom stereocenters. The van der Waals surface area contributed by atoms with Crippen molar-refractivity contribution in [1.29, 1.82) is 0 Å². The average molecular weight is 466 g/mol. The third kappa shape index (κ3) is 3.72. The molecule has 2 heterocycles. The highest BCUT2D eigenvalue weighted by molar-refractivity contribution is 7.89. The van der Waals surface area contributed by atoms with Gasteiger partial charge in [0.25, 0.3) is 0 Å². The van der Waals surface area contributed by atoms with E-state index in [4.69, 9.17) is 11.6 Å². The number of hydrogen-bond donors (Lipinski definition) is 2. The summed E-state index contributed by atoms with van der Waals surface area (Å²) in [5.74, 6) is -0.0422. The van der Waals surface area contributed by atoms with Gasteiger partial charge in [0.05, 0.1) is 21.8 Å². The van der Waals surface area contributed by atoms with Gasteiger partial charge >= 0.3 is 6.18 Å². The molecule has 3 aliphatic rings. The van der Waals surface area contributed by atoms with E-state index in [1.807, 2.05) is 0 Å². The van der Waals surface area contributed by atoms with Crippen LogP contribution >= 0.6 is 11.6 Å². The highest BCUT2D eigenvalue weighted by Crippen LogP contribution is 2.39. The minimum absolute atomic E-state index is 0.0422. The van der Waals surface area contributed by atoms with Crippen LogP contribution in [-0.4, -0.2) is 42.9 Å².